The van der Waals surface area contributed by atoms with Crippen LogP contribution in [0.15, 0.2) is 53.1 Å². The van der Waals surface area contributed by atoms with Crippen molar-refractivity contribution in [2.24, 2.45) is 0 Å². The van der Waals surface area contributed by atoms with Crippen LogP contribution in [0.3, 0.4) is 0 Å². The summed E-state index contributed by atoms with van der Waals surface area (Å²) < 4.78 is 4.94. The maximum absolute atomic E-state index is 11.6. The van der Waals surface area contributed by atoms with Crippen molar-refractivity contribution >= 4 is 46.3 Å². The van der Waals surface area contributed by atoms with E-state index in [0.29, 0.717) is 5.11 Å². The highest BCUT2D eigenvalue weighted by molar-refractivity contribution is 7.80. The van der Waals surface area contributed by atoms with Crippen LogP contribution in [0.4, 0.5) is 5.69 Å². The number of hydrogen-bond donors (Lipinski definition) is 4. The molecular formula is C13H12N4O2S2. The number of anilines is 1. The van der Waals surface area contributed by atoms with Crippen LogP contribution < -0.4 is 21.5 Å². The highest BCUT2D eigenvalue weighted by atomic mass is 32.1. The largest absolute Gasteiger partial charge is 0.459 e. The summed E-state index contributed by atoms with van der Waals surface area (Å²) in [4.78, 5) is 11.6. The van der Waals surface area contributed by atoms with Crippen LogP contribution in [0.25, 0.3) is 0 Å². The standard InChI is InChI=1S/C13H12N4O2S2/c18-11(10-7-4-8-19-10)15-13(21)17-16-12(20)14-9-5-2-1-3-6-9/h1-8H,(H2,14,16,20)(H2,15,17,18,21). The van der Waals surface area contributed by atoms with E-state index >= 15 is 0 Å². The first-order valence-electron chi connectivity index (χ1n) is 5.92. The van der Waals surface area contributed by atoms with Gasteiger partial charge in [-0.15, -0.1) is 0 Å². The van der Waals surface area contributed by atoms with Gasteiger partial charge in [-0.3, -0.25) is 21.0 Å². The Hall–Kier alpha value is -2.45. The van der Waals surface area contributed by atoms with E-state index < -0.39 is 5.91 Å². The maximum Gasteiger partial charge on any atom is 0.293 e. The van der Waals surface area contributed by atoms with Crippen molar-refractivity contribution in [3.05, 3.63) is 54.5 Å². The lowest BCUT2D eigenvalue weighted by atomic mass is 10.3. The van der Waals surface area contributed by atoms with Crippen LogP contribution in [0.1, 0.15) is 10.6 Å². The van der Waals surface area contributed by atoms with Crippen LogP contribution in [0.2, 0.25) is 0 Å². The molecule has 108 valence electrons. The predicted octanol–water partition coefficient (Wildman–Crippen LogP) is 1.79. The van der Waals surface area contributed by atoms with Crippen LogP contribution in [-0.2, 0) is 0 Å². The molecule has 0 aliphatic heterocycles. The first kappa shape index (κ1) is 14.9. The van der Waals surface area contributed by atoms with Crippen molar-refractivity contribution in [3.8, 4) is 0 Å². The number of hydrazine groups is 1. The highest BCUT2D eigenvalue weighted by Crippen LogP contribution is 2.03. The molecule has 0 fully saturated rings. The third-order valence-electron chi connectivity index (χ3n) is 2.29. The van der Waals surface area contributed by atoms with E-state index in [-0.39, 0.29) is 10.9 Å². The normalized spacial score (nSPS) is 9.52. The van der Waals surface area contributed by atoms with Gasteiger partial charge in [-0.1, -0.05) is 18.2 Å². The second kappa shape index (κ2) is 7.36. The molecule has 1 aromatic carbocycles. The Morgan fingerprint density at radius 3 is 2.33 bits per heavy atom. The molecular weight excluding hydrogens is 308 g/mol. The Morgan fingerprint density at radius 1 is 0.952 bits per heavy atom. The number of nitrogens with one attached hydrogen (secondary N) is 4. The summed E-state index contributed by atoms with van der Waals surface area (Å²) in [7, 11) is 0. The van der Waals surface area contributed by atoms with Crippen molar-refractivity contribution in [2.45, 2.75) is 0 Å². The number of carbonyl (C=O) groups excluding carboxylic acids is 1. The Labute approximate surface area is 131 Å². The summed E-state index contributed by atoms with van der Waals surface area (Å²) >= 11 is 10.0. The molecule has 4 N–H and O–H groups in total. The van der Waals surface area contributed by atoms with Crippen LogP contribution in [0, 0.1) is 0 Å². The first-order valence-corrected chi connectivity index (χ1v) is 6.73. The van der Waals surface area contributed by atoms with Gasteiger partial charge in [0.05, 0.1) is 6.26 Å². The van der Waals surface area contributed by atoms with E-state index in [4.69, 9.17) is 28.9 Å². The molecule has 1 aromatic heterocycles. The lowest BCUT2D eigenvalue weighted by Gasteiger charge is -2.13. The number of thiocarbonyl (C=S) groups is 2. The third kappa shape index (κ3) is 4.86. The summed E-state index contributed by atoms with van der Waals surface area (Å²) in [5.41, 5.74) is 6.10. The minimum absolute atomic E-state index is 0.0774. The van der Waals surface area contributed by atoms with Crippen LogP contribution in [-0.4, -0.2) is 16.1 Å². The van der Waals surface area contributed by atoms with Crippen molar-refractivity contribution in [1.82, 2.24) is 16.2 Å². The quantitative estimate of drug-likeness (QED) is 0.496. The fourth-order valence-corrected chi connectivity index (χ4v) is 1.71. The molecule has 2 rings (SSSR count). The average molecular weight is 320 g/mol. The second-order valence-electron chi connectivity index (χ2n) is 3.83. The number of furan rings is 1. The Bertz CT molecular complexity index is 629. The lowest BCUT2D eigenvalue weighted by Crippen LogP contribution is -2.49. The van der Waals surface area contributed by atoms with Gasteiger partial charge in [0.1, 0.15) is 0 Å². The minimum atomic E-state index is -0.443. The van der Waals surface area contributed by atoms with Gasteiger partial charge in [0, 0.05) is 5.69 Å². The number of benzene rings is 1. The molecule has 0 saturated carbocycles. The molecule has 0 aliphatic carbocycles. The van der Waals surface area contributed by atoms with E-state index in [9.17, 15) is 4.79 Å². The zero-order valence-corrected chi connectivity index (χ0v) is 12.4. The van der Waals surface area contributed by atoms with Crippen molar-refractivity contribution in [3.63, 3.8) is 0 Å². The molecule has 0 atom stereocenters. The SMILES string of the molecule is O=C(NC(=S)NNC(=S)Nc1ccccc1)c1ccco1. The third-order valence-corrected chi connectivity index (χ3v) is 2.70. The van der Waals surface area contributed by atoms with Crippen molar-refractivity contribution in [1.29, 1.82) is 0 Å². The van der Waals surface area contributed by atoms with Gasteiger partial charge < -0.3 is 9.73 Å². The molecule has 0 saturated heterocycles. The van der Waals surface area contributed by atoms with Gasteiger partial charge in [0.15, 0.2) is 16.0 Å². The molecule has 8 heteroatoms. The van der Waals surface area contributed by atoms with Gasteiger partial charge >= 0.3 is 0 Å². The number of hydrogen-bond acceptors (Lipinski definition) is 4. The molecule has 0 spiro atoms. The zero-order valence-electron chi connectivity index (χ0n) is 10.8. The van der Waals surface area contributed by atoms with Gasteiger partial charge in [0.2, 0.25) is 0 Å². The van der Waals surface area contributed by atoms with E-state index in [1.165, 1.54) is 12.3 Å². The average Bonchev–Trinajstić information content (AvgIpc) is 3.00. The number of carbonyl (C=O) groups is 1. The summed E-state index contributed by atoms with van der Waals surface area (Å²) in [6, 6.07) is 12.5. The van der Waals surface area contributed by atoms with Gasteiger partial charge in [-0.2, -0.15) is 0 Å². The highest BCUT2D eigenvalue weighted by Gasteiger charge is 2.09. The fraction of sp³-hybridized carbons (Fsp3) is 0. The summed E-state index contributed by atoms with van der Waals surface area (Å²) in [6.07, 6.45) is 1.41. The maximum atomic E-state index is 11.6. The summed E-state index contributed by atoms with van der Waals surface area (Å²) in [6.45, 7) is 0. The smallest absolute Gasteiger partial charge is 0.293 e. The van der Waals surface area contributed by atoms with Crippen LogP contribution in [0.5, 0.6) is 0 Å². The predicted molar refractivity (Wildman–Crippen MR) is 87.7 cm³/mol. The molecule has 0 aliphatic rings. The van der Waals surface area contributed by atoms with Gasteiger partial charge in [0.25, 0.3) is 5.91 Å². The molecule has 1 heterocycles. The number of para-hydroxylation sites is 1. The Balaban J connectivity index is 1.74. The minimum Gasteiger partial charge on any atom is -0.459 e. The van der Waals surface area contributed by atoms with E-state index in [1.807, 2.05) is 30.3 Å². The topological polar surface area (TPSA) is 78.3 Å². The monoisotopic (exact) mass is 320 g/mol. The van der Waals surface area contributed by atoms with Crippen molar-refractivity contribution < 1.29 is 9.21 Å². The molecule has 0 unspecified atom stereocenters. The molecule has 0 bridgehead atoms. The Kier molecular flexibility index (Phi) is 5.24. The zero-order chi connectivity index (χ0) is 15.1. The summed E-state index contributed by atoms with van der Waals surface area (Å²) in [5, 5.41) is 5.78. The summed E-state index contributed by atoms with van der Waals surface area (Å²) in [5.74, 6) is -0.273. The lowest BCUT2D eigenvalue weighted by molar-refractivity contribution is 0.0949. The molecule has 6 nitrogen and oxygen atoms in total. The van der Waals surface area contributed by atoms with Gasteiger partial charge in [-0.25, -0.2) is 0 Å². The van der Waals surface area contributed by atoms with Crippen molar-refractivity contribution in [2.75, 3.05) is 5.32 Å². The Morgan fingerprint density at radius 2 is 1.67 bits per heavy atom. The molecule has 0 radical (unpaired) electrons. The fourth-order valence-electron chi connectivity index (χ4n) is 1.40. The van der Waals surface area contributed by atoms with Crippen LogP contribution >= 0.6 is 24.4 Å². The van der Waals surface area contributed by atoms with E-state index in [0.717, 1.165) is 5.69 Å². The molecule has 1 amide bonds. The van der Waals surface area contributed by atoms with Gasteiger partial charge in [-0.05, 0) is 48.7 Å². The van der Waals surface area contributed by atoms with E-state index in [1.54, 1.807) is 6.07 Å². The number of amides is 1. The molecule has 2 aromatic rings. The second-order valence-corrected chi connectivity index (χ2v) is 4.65. The molecule has 21 heavy (non-hydrogen) atoms. The number of rotatable bonds is 2. The first-order chi connectivity index (χ1) is 10.1. The van der Waals surface area contributed by atoms with E-state index in [2.05, 4.69) is 21.5 Å².